The molecule has 0 aliphatic carbocycles. The van der Waals surface area contributed by atoms with Gasteiger partial charge in [-0.2, -0.15) is 4.98 Å². The lowest BCUT2D eigenvalue weighted by Crippen LogP contribution is -2.46. The van der Waals surface area contributed by atoms with Crippen molar-refractivity contribution in [1.82, 2.24) is 14.9 Å². The highest BCUT2D eigenvalue weighted by Gasteiger charge is 2.31. The van der Waals surface area contributed by atoms with Crippen LogP contribution in [0.2, 0.25) is 0 Å². The molecule has 2 aromatic carbocycles. The molecule has 13 heteroatoms. The normalized spacial score (nSPS) is 15.6. The number of aromatic hydroxyl groups is 1. The van der Waals surface area contributed by atoms with Crippen molar-refractivity contribution in [2.24, 2.45) is 0 Å². The van der Waals surface area contributed by atoms with Crippen LogP contribution in [0.4, 0.5) is 44.1 Å². The number of hydrogen-bond acceptors (Lipinski definition) is 10. The second-order valence-electron chi connectivity index (χ2n) is 11.8. The first kappa shape index (κ1) is 30.7. The monoisotopic (exact) mass is 604 g/mol. The molecule has 0 unspecified atom stereocenters. The Hall–Kier alpha value is -4.78. The van der Waals surface area contributed by atoms with Crippen LogP contribution in [-0.2, 0) is 11.3 Å². The fourth-order valence-electron chi connectivity index (χ4n) is 5.21. The van der Waals surface area contributed by atoms with E-state index in [0.717, 1.165) is 38.4 Å². The molecule has 0 spiro atoms. The van der Waals surface area contributed by atoms with Crippen molar-refractivity contribution in [3.05, 3.63) is 48.2 Å². The van der Waals surface area contributed by atoms with Crippen LogP contribution in [0.25, 0.3) is 0 Å². The zero-order chi connectivity index (χ0) is 31.6. The minimum Gasteiger partial charge on any atom is -0.508 e. The Bertz CT molecular complexity index is 1530. The summed E-state index contributed by atoms with van der Waals surface area (Å²) in [6, 6.07) is 10.1. The van der Waals surface area contributed by atoms with Gasteiger partial charge in [0.05, 0.1) is 30.7 Å². The van der Waals surface area contributed by atoms with Gasteiger partial charge in [0.15, 0.2) is 0 Å². The number of fused-ring (bicyclic) bond motifs is 1. The predicted molar refractivity (Wildman–Crippen MR) is 171 cm³/mol. The third kappa shape index (κ3) is 6.88. The number of carbonyl (C=O) groups is 2. The maximum absolute atomic E-state index is 13.4. The van der Waals surface area contributed by atoms with Gasteiger partial charge in [-0.05, 0) is 45.5 Å². The highest BCUT2D eigenvalue weighted by Crippen LogP contribution is 2.35. The Morgan fingerprint density at radius 2 is 1.80 bits per heavy atom. The number of anilines is 6. The number of nitrogens with one attached hydrogen (secondary N) is 2. The predicted octanol–water partition coefficient (Wildman–Crippen LogP) is 5.00. The molecule has 44 heavy (non-hydrogen) atoms. The molecule has 1 saturated heterocycles. The third-order valence-corrected chi connectivity index (χ3v) is 7.50. The van der Waals surface area contributed by atoms with Gasteiger partial charge in [-0.1, -0.05) is 6.92 Å². The number of phenols is 1. The van der Waals surface area contributed by atoms with E-state index in [-0.39, 0.29) is 24.3 Å². The summed E-state index contributed by atoms with van der Waals surface area (Å²) in [6.45, 7) is 12.5. The SMILES string of the molecule is CCN1CCN(c2ccc(Nc3ncc4c(n3)N(C)C(=O)N(c3cc(O)cc(OC)c3)C4)c(NC(=O)OC(C)(C)C)c2)CC1. The largest absolute Gasteiger partial charge is 0.508 e. The number of nitrogens with zero attached hydrogens (tertiary/aromatic N) is 6. The first-order valence-corrected chi connectivity index (χ1v) is 14.6. The maximum atomic E-state index is 13.4. The first-order chi connectivity index (χ1) is 20.9. The summed E-state index contributed by atoms with van der Waals surface area (Å²) in [4.78, 5) is 43.0. The highest BCUT2D eigenvalue weighted by atomic mass is 16.6. The van der Waals surface area contributed by atoms with Gasteiger partial charge in [-0.25, -0.2) is 14.6 Å². The third-order valence-electron chi connectivity index (χ3n) is 7.50. The van der Waals surface area contributed by atoms with Crippen LogP contribution in [0.5, 0.6) is 11.5 Å². The Morgan fingerprint density at radius 3 is 2.48 bits per heavy atom. The fraction of sp³-hybridized carbons (Fsp3) is 0.419. The Morgan fingerprint density at radius 1 is 1.05 bits per heavy atom. The molecule has 0 saturated carbocycles. The van der Waals surface area contributed by atoms with E-state index < -0.39 is 11.7 Å². The number of rotatable bonds is 7. The lowest BCUT2D eigenvalue weighted by atomic mass is 10.2. The number of benzene rings is 2. The van der Waals surface area contributed by atoms with Crippen molar-refractivity contribution < 1.29 is 24.2 Å². The van der Waals surface area contributed by atoms with Crippen LogP contribution in [0.15, 0.2) is 42.6 Å². The van der Waals surface area contributed by atoms with Crippen molar-refractivity contribution in [3.63, 3.8) is 0 Å². The summed E-state index contributed by atoms with van der Waals surface area (Å²) >= 11 is 0. The number of aromatic nitrogens is 2. The van der Waals surface area contributed by atoms with Crippen molar-refractivity contribution in [3.8, 4) is 11.5 Å². The molecule has 1 aromatic heterocycles. The molecule has 2 aliphatic heterocycles. The minimum atomic E-state index is -0.665. The molecular weight excluding hydrogens is 564 g/mol. The fourth-order valence-corrected chi connectivity index (χ4v) is 5.21. The van der Waals surface area contributed by atoms with Gasteiger partial charge in [0.2, 0.25) is 5.95 Å². The lowest BCUT2D eigenvalue weighted by molar-refractivity contribution is 0.0636. The summed E-state index contributed by atoms with van der Waals surface area (Å²) in [6.07, 6.45) is 1.08. The van der Waals surface area contributed by atoms with Gasteiger partial charge in [-0.15, -0.1) is 0 Å². The van der Waals surface area contributed by atoms with E-state index in [1.165, 1.54) is 29.0 Å². The molecule has 3 amide bonds. The average Bonchev–Trinajstić information content (AvgIpc) is 2.98. The highest BCUT2D eigenvalue weighted by molar-refractivity contribution is 6.05. The van der Waals surface area contributed by atoms with Crippen LogP contribution in [0, 0.1) is 0 Å². The van der Waals surface area contributed by atoms with Gasteiger partial charge >= 0.3 is 12.1 Å². The average molecular weight is 605 g/mol. The van der Waals surface area contributed by atoms with E-state index >= 15 is 0 Å². The van der Waals surface area contributed by atoms with Crippen LogP contribution in [-0.4, -0.2) is 84.6 Å². The van der Waals surface area contributed by atoms with E-state index in [1.54, 1.807) is 19.3 Å². The number of likely N-dealkylation sites (N-methyl/N-ethyl adjacent to an activating group) is 1. The minimum absolute atomic E-state index is 0.0126. The molecule has 0 radical (unpaired) electrons. The second kappa shape index (κ2) is 12.4. The molecule has 3 aromatic rings. The number of amides is 3. The number of hydrogen-bond donors (Lipinski definition) is 3. The summed E-state index contributed by atoms with van der Waals surface area (Å²) in [7, 11) is 3.13. The summed E-state index contributed by atoms with van der Waals surface area (Å²) in [5.41, 5.74) is 2.61. The number of urea groups is 1. The van der Waals surface area contributed by atoms with Gasteiger partial charge in [0, 0.05) is 68.9 Å². The van der Waals surface area contributed by atoms with Crippen LogP contribution in [0.1, 0.15) is 33.3 Å². The van der Waals surface area contributed by atoms with Gasteiger partial charge in [-0.3, -0.25) is 15.1 Å². The number of piperazine rings is 1. The standard InChI is InChI=1S/C31H40N8O5/c1-7-37-10-12-38(13-11-37)21-8-9-25(26(16-21)34-29(41)44-31(2,3)4)33-28-32-18-20-19-39(30(42)36(5)27(20)35-28)22-14-23(40)17-24(15-22)43-6/h8-9,14-18,40H,7,10-13,19H2,1-6H3,(H,34,41)(H,32,33,35). The maximum Gasteiger partial charge on any atom is 0.412 e. The van der Waals surface area contributed by atoms with E-state index in [0.29, 0.717) is 34.2 Å². The summed E-state index contributed by atoms with van der Waals surface area (Å²) in [5.74, 6) is 1.12. The Labute approximate surface area is 257 Å². The molecule has 3 N–H and O–H groups in total. The summed E-state index contributed by atoms with van der Waals surface area (Å²) in [5, 5.41) is 16.2. The van der Waals surface area contributed by atoms with Gasteiger partial charge < -0.3 is 29.7 Å². The molecular formula is C31H40N8O5. The van der Waals surface area contributed by atoms with Crippen LogP contribution >= 0.6 is 0 Å². The number of phenolic OH excluding ortho intramolecular Hbond substituents is 1. The first-order valence-electron chi connectivity index (χ1n) is 14.6. The quantitative estimate of drug-likeness (QED) is 0.338. The Balaban J connectivity index is 1.40. The molecule has 1 fully saturated rings. The number of ether oxygens (including phenoxy) is 2. The molecule has 0 bridgehead atoms. The van der Waals surface area contributed by atoms with Crippen molar-refractivity contribution in [2.45, 2.75) is 39.8 Å². The topological polar surface area (TPSA) is 136 Å². The second-order valence-corrected chi connectivity index (χ2v) is 11.8. The van der Waals surface area contributed by atoms with Gasteiger partial charge in [0.25, 0.3) is 0 Å². The van der Waals surface area contributed by atoms with Crippen molar-refractivity contribution >= 4 is 46.6 Å². The van der Waals surface area contributed by atoms with Crippen LogP contribution < -0.4 is 30.1 Å². The summed E-state index contributed by atoms with van der Waals surface area (Å²) < 4.78 is 10.8. The molecule has 0 atom stereocenters. The van der Waals surface area contributed by atoms with Crippen molar-refractivity contribution in [1.29, 1.82) is 0 Å². The van der Waals surface area contributed by atoms with E-state index in [2.05, 4.69) is 37.3 Å². The molecule has 234 valence electrons. The van der Waals surface area contributed by atoms with E-state index in [1.807, 2.05) is 39.0 Å². The van der Waals surface area contributed by atoms with Gasteiger partial charge in [0.1, 0.15) is 22.9 Å². The number of methoxy groups -OCH3 is 1. The van der Waals surface area contributed by atoms with Crippen LogP contribution in [0.3, 0.4) is 0 Å². The van der Waals surface area contributed by atoms with E-state index in [9.17, 15) is 14.7 Å². The Kier molecular flexibility index (Phi) is 8.68. The zero-order valence-corrected chi connectivity index (χ0v) is 26.0. The van der Waals surface area contributed by atoms with E-state index in [4.69, 9.17) is 9.47 Å². The zero-order valence-electron chi connectivity index (χ0n) is 26.0. The lowest BCUT2D eigenvalue weighted by Gasteiger charge is -2.36. The number of carbonyl (C=O) groups excluding carboxylic acids is 2. The molecule has 3 heterocycles. The molecule has 5 rings (SSSR count). The van der Waals surface area contributed by atoms with Crippen molar-refractivity contribution in [2.75, 3.05) is 72.2 Å². The smallest absolute Gasteiger partial charge is 0.412 e. The molecule has 2 aliphatic rings. The molecule has 13 nitrogen and oxygen atoms in total.